The van der Waals surface area contributed by atoms with Crippen molar-refractivity contribution in [2.24, 2.45) is 5.84 Å². The maximum absolute atomic E-state index is 11.2. The molecule has 98 valence electrons. The molecule has 0 fully saturated rings. The summed E-state index contributed by atoms with van der Waals surface area (Å²) in [6.45, 7) is 1.65. The smallest absolute Gasteiger partial charge is 0.274 e. The lowest BCUT2D eigenvalue weighted by atomic mass is 10.1. The van der Waals surface area contributed by atoms with Gasteiger partial charge in [-0.15, -0.1) is 0 Å². The van der Waals surface area contributed by atoms with Crippen molar-refractivity contribution in [2.45, 2.75) is 13.0 Å². The summed E-state index contributed by atoms with van der Waals surface area (Å²) in [5, 5.41) is 0. The van der Waals surface area contributed by atoms with E-state index in [1.807, 2.05) is 54.6 Å². The van der Waals surface area contributed by atoms with Gasteiger partial charge in [0, 0.05) is 0 Å². The standard InChI is InChI=1S/C15H16N2O2/c1-11(15(18)17-16)19-14-9-7-13(8-10-14)12-5-3-2-4-6-12/h2-11H,16H2,1H3,(H,17,18)/t11-/m1/s1. The van der Waals surface area contributed by atoms with Gasteiger partial charge in [0.1, 0.15) is 5.75 Å². The molecule has 0 aliphatic heterocycles. The zero-order chi connectivity index (χ0) is 13.7. The number of amides is 1. The van der Waals surface area contributed by atoms with Gasteiger partial charge in [0.05, 0.1) is 0 Å². The largest absolute Gasteiger partial charge is 0.481 e. The third-order valence-electron chi connectivity index (χ3n) is 2.79. The van der Waals surface area contributed by atoms with Gasteiger partial charge < -0.3 is 4.74 Å². The number of rotatable bonds is 4. The lowest BCUT2D eigenvalue weighted by Gasteiger charge is -2.13. The van der Waals surface area contributed by atoms with Crippen LogP contribution in [0, 0.1) is 0 Å². The van der Waals surface area contributed by atoms with Gasteiger partial charge in [-0.05, 0) is 30.2 Å². The van der Waals surface area contributed by atoms with E-state index in [0.717, 1.165) is 11.1 Å². The van der Waals surface area contributed by atoms with E-state index in [2.05, 4.69) is 5.43 Å². The lowest BCUT2D eigenvalue weighted by Crippen LogP contribution is -2.40. The molecule has 0 spiro atoms. The van der Waals surface area contributed by atoms with E-state index in [0.29, 0.717) is 5.75 Å². The first-order chi connectivity index (χ1) is 9.20. The summed E-state index contributed by atoms with van der Waals surface area (Å²) in [5.41, 5.74) is 4.30. The van der Waals surface area contributed by atoms with Crippen LogP contribution in [-0.4, -0.2) is 12.0 Å². The normalized spacial score (nSPS) is 11.7. The summed E-state index contributed by atoms with van der Waals surface area (Å²) in [6.07, 6.45) is -0.618. The molecule has 0 aromatic heterocycles. The minimum Gasteiger partial charge on any atom is -0.481 e. The van der Waals surface area contributed by atoms with Gasteiger partial charge in [-0.1, -0.05) is 42.5 Å². The average molecular weight is 256 g/mol. The van der Waals surface area contributed by atoms with Crippen molar-refractivity contribution in [3.8, 4) is 16.9 Å². The molecule has 2 aromatic carbocycles. The van der Waals surface area contributed by atoms with E-state index >= 15 is 0 Å². The topological polar surface area (TPSA) is 64.3 Å². The molecule has 3 N–H and O–H groups in total. The first-order valence-electron chi connectivity index (χ1n) is 6.03. The highest BCUT2D eigenvalue weighted by molar-refractivity contribution is 5.80. The molecule has 0 aliphatic rings. The van der Waals surface area contributed by atoms with Crippen LogP contribution in [0.25, 0.3) is 11.1 Å². The fourth-order valence-corrected chi connectivity index (χ4v) is 1.73. The van der Waals surface area contributed by atoms with Gasteiger partial charge in [-0.25, -0.2) is 5.84 Å². The van der Waals surface area contributed by atoms with Crippen LogP contribution < -0.4 is 16.0 Å². The summed E-state index contributed by atoms with van der Waals surface area (Å²) in [7, 11) is 0. The van der Waals surface area contributed by atoms with Crippen LogP contribution >= 0.6 is 0 Å². The summed E-state index contributed by atoms with van der Waals surface area (Å²) in [6, 6.07) is 17.6. The molecule has 1 atom stereocenters. The number of hydrazine groups is 1. The predicted octanol–water partition coefficient (Wildman–Crippen LogP) is 2.11. The molecule has 2 aromatic rings. The summed E-state index contributed by atoms with van der Waals surface area (Å²) in [4.78, 5) is 11.2. The summed E-state index contributed by atoms with van der Waals surface area (Å²) >= 11 is 0. The highest BCUT2D eigenvalue weighted by Gasteiger charge is 2.12. The number of benzene rings is 2. The number of hydrogen-bond acceptors (Lipinski definition) is 3. The average Bonchev–Trinajstić information content (AvgIpc) is 2.48. The van der Waals surface area contributed by atoms with E-state index in [9.17, 15) is 4.79 Å². The molecule has 0 aliphatic carbocycles. The zero-order valence-corrected chi connectivity index (χ0v) is 10.7. The lowest BCUT2D eigenvalue weighted by molar-refractivity contribution is -0.127. The molecular formula is C15H16N2O2. The van der Waals surface area contributed by atoms with Gasteiger partial charge in [0.2, 0.25) is 0 Å². The number of carbonyl (C=O) groups excluding carboxylic acids is 1. The van der Waals surface area contributed by atoms with E-state index in [4.69, 9.17) is 10.6 Å². The van der Waals surface area contributed by atoms with Crippen molar-refractivity contribution < 1.29 is 9.53 Å². The molecule has 0 radical (unpaired) electrons. The number of nitrogens with two attached hydrogens (primary N) is 1. The van der Waals surface area contributed by atoms with Gasteiger partial charge in [0.15, 0.2) is 6.10 Å². The molecule has 0 unspecified atom stereocenters. The quantitative estimate of drug-likeness (QED) is 0.500. The molecule has 2 rings (SSSR count). The Balaban J connectivity index is 2.09. The van der Waals surface area contributed by atoms with Crippen molar-refractivity contribution in [1.82, 2.24) is 5.43 Å². The van der Waals surface area contributed by atoms with Gasteiger partial charge in [-0.2, -0.15) is 0 Å². The maximum Gasteiger partial charge on any atom is 0.274 e. The Hall–Kier alpha value is -2.33. The Labute approximate surface area is 112 Å². The van der Waals surface area contributed by atoms with Crippen molar-refractivity contribution in [3.05, 3.63) is 54.6 Å². The first-order valence-corrected chi connectivity index (χ1v) is 6.03. The van der Waals surface area contributed by atoms with E-state index < -0.39 is 6.10 Å². The van der Waals surface area contributed by atoms with Crippen LogP contribution in [0.4, 0.5) is 0 Å². The van der Waals surface area contributed by atoms with Gasteiger partial charge in [-0.3, -0.25) is 10.2 Å². The second-order valence-electron chi connectivity index (χ2n) is 4.16. The number of carbonyl (C=O) groups is 1. The van der Waals surface area contributed by atoms with Crippen LogP contribution in [0.3, 0.4) is 0 Å². The Kier molecular flexibility index (Phi) is 4.15. The molecular weight excluding hydrogens is 240 g/mol. The Morgan fingerprint density at radius 3 is 2.21 bits per heavy atom. The minimum absolute atomic E-state index is 0.355. The third kappa shape index (κ3) is 3.33. The maximum atomic E-state index is 11.2. The molecule has 0 bridgehead atoms. The number of hydrogen-bond donors (Lipinski definition) is 2. The Bertz CT molecular complexity index is 538. The zero-order valence-electron chi connectivity index (χ0n) is 10.7. The van der Waals surface area contributed by atoms with Crippen LogP contribution in [-0.2, 0) is 4.79 Å². The summed E-state index contributed by atoms with van der Waals surface area (Å²) < 4.78 is 5.47. The highest BCUT2D eigenvalue weighted by atomic mass is 16.5. The minimum atomic E-state index is -0.618. The van der Waals surface area contributed by atoms with Gasteiger partial charge >= 0.3 is 0 Å². The monoisotopic (exact) mass is 256 g/mol. The predicted molar refractivity (Wildman–Crippen MR) is 74.3 cm³/mol. The van der Waals surface area contributed by atoms with E-state index in [1.165, 1.54) is 0 Å². The second kappa shape index (κ2) is 6.02. The molecule has 0 saturated carbocycles. The Morgan fingerprint density at radius 1 is 1.05 bits per heavy atom. The molecule has 0 saturated heterocycles. The van der Waals surface area contributed by atoms with Crippen molar-refractivity contribution >= 4 is 5.91 Å². The Morgan fingerprint density at radius 2 is 1.63 bits per heavy atom. The fourth-order valence-electron chi connectivity index (χ4n) is 1.73. The van der Waals surface area contributed by atoms with Gasteiger partial charge in [0.25, 0.3) is 5.91 Å². The first kappa shape index (κ1) is 13.1. The number of nitrogens with one attached hydrogen (secondary N) is 1. The molecule has 1 amide bonds. The van der Waals surface area contributed by atoms with Crippen LogP contribution in [0.2, 0.25) is 0 Å². The molecule has 4 nitrogen and oxygen atoms in total. The molecule has 19 heavy (non-hydrogen) atoms. The molecule has 0 heterocycles. The number of ether oxygens (including phenoxy) is 1. The SMILES string of the molecule is C[C@@H](Oc1ccc(-c2ccccc2)cc1)C(=O)NN. The fraction of sp³-hybridized carbons (Fsp3) is 0.133. The summed E-state index contributed by atoms with van der Waals surface area (Å²) in [5.74, 6) is 5.33. The van der Waals surface area contributed by atoms with Crippen molar-refractivity contribution in [2.75, 3.05) is 0 Å². The van der Waals surface area contributed by atoms with Crippen LogP contribution in [0.15, 0.2) is 54.6 Å². The second-order valence-corrected chi connectivity index (χ2v) is 4.16. The van der Waals surface area contributed by atoms with Crippen LogP contribution in [0.1, 0.15) is 6.92 Å². The van der Waals surface area contributed by atoms with Crippen molar-refractivity contribution in [3.63, 3.8) is 0 Å². The van der Waals surface area contributed by atoms with Crippen LogP contribution in [0.5, 0.6) is 5.75 Å². The van der Waals surface area contributed by atoms with E-state index in [1.54, 1.807) is 6.92 Å². The van der Waals surface area contributed by atoms with E-state index in [-0.39, 0.29) is 5.91 Å². The third-order valence-corrected chi connectivity index (χ3v) is 2.79. The van der Waals surface area contributed by atoms with Crippen molar-refractivity contribution in [1.29, 1.82) is 0 Å². The molecule has 4 heteroatoms. The highest BCUT2D eigenvalue weighted by Crippen LogP contribution is 2.22.